The van der Waals surface area contributed by atoms with E-state index in [0.29, 0.717) is 0 Å². The van der Waals surface area contributed by atoms with Crippen LogP contribution in [0.2, 0.25) is 0 Å². The van der Waals surface area contributed by atoms with E-state index in [1.54, 1.807) is 7.11 Å². The minimum absolute atomic E-state index is 0.0538. The van der Waals surface area contributed by atoms with Crippen molar-refractivity contribution in [3.63, 3.8) is 0 Å². The fourth-order valence-corrected chi connectivity index (χ4v) is 3.20. The molecule has 1 fully saturated rings. The molecule has 21 heavy (non-hydrogen) atoms. The van der Waals surface area contributed by atoms with Crippen molar-refractivity contribution in [1.82, 2.24) is 5.32 Å². The molecule has 1 amide bonds. The second-order valence-corrected chi connectivity index (χ2v) is 6.28. The number of ether oxygens (including phenoxy) is 1. The van der Waals surface area contributed by atoms with Gasteiger partial charge in [0.25, 0.3) is 0 Å². The van der Waals surface area contributed by atoms with Crippen LogP contribution in [0, 0.1) is 5.92 Å². The first-order chi connectivity index (χ1) is 9.95. The number of amides is 1. The number of hydrogen-bond donors (Lipinski definition) is 2. The van der Waals surface area contributed by atoms with Gasteiger partial charge in [-0.2, -0.15) is 0 Å². The van der Waals surface area contributed by atoms with Gasteiger partial charge in [-0.3, -0.25) is 4.79 Å². The lowest BCUT2D eigenvalue weighted by molar-refractivity contribution is -0.128. The zero-order valence-electron chi connectivity index (χ0n) is 13.2. The molecule has 4 nitrogen and oxygen atoms in total. The lowest BCUT2D eigenvalue weighted by atomic mass is 9.74. The summed E-state index contributed by atoms with van der Waals surface area (Å²) in [5.74, 6) is 0.742. The van der Waals surface area contributed by atoms with Gasteiger partial charge in [0.1, 0.15) is 5.75 Å². The van der Waals surface area contributed by atoms with Crippen molar-refractivity contribution < 1.29 is 9.53 Å². The van der Waals surface area contributed by atoms with E-state index in [1.165, 1.54) is 0 Å². The maximum absolute atomic E-state index is 12.6. The summed E-state index contributed by atoms with van der Waals surface area (Å²) >= 11 is 0. The minimum atomic E-state index is -0.400. The number of rotatable bonds is 4. The Morgan fingerprint density at radius 1 is 1.43 bits per heavy atom. The first kappa shape index (κ1) is 15.8. The third-order valence-electron chi connectivity index (χ3n) is 4.53. The van der Waals surface area contributed by atoms with Gasteiger partial charge in [-0.05, 0) is 32.8 Å². The topological polar surface area (TPSA) is 64.3 Å². The van der Waals surface area contributed by atoms with Crippen molar-refractivity contribution in [2.75, 3.05) is 7.11 Å². The highest BCUT2D eigenvalue weighted by Gasteiger charge is 2.38. The van der Waals surface area contributed by atoms with E-state index in [4.69, 9.17) is 10.5 Å². The molecule has 3 atom stereocenters. The second kappa shape index (κ2) is 6.48. The highest BCUT2D eigenvalue weighted by atomic mass is 16.5. The Morgan fingerprint density at radius 2 is 2.14 bits per heavy atom. The van der Waals surface area contributed by atoms with Crippen LogP contribution in [0.4, 0.5) is 0 Å². The highest BCUT2D eigenvalue weighted by Crippen LogP contribution is 2.32. The van der Waals surface area contributed by atoms with Gasteiger partial charge in [-0.1, -0.05) is 31.0 Å². The van der Waals surface area contributed by atoms with Crippen molar-refractivity contribution in [2.45, 2.75) is 51.1 Å². The SMILES string of the molecule is COc1ccccc1C(C)NC(=O)C1CCCCC1(C)N. The molecule has 0 radical (unpaired) electrons. The monoisotopic (exact) mass is 290 g/mol. The maximum atomic E-state index is 12.6. The average Bonchev–Trinajstić information content (AvgIpc) is 2.46. The van der Waals surface area contributed by atoms with Gasteiger partial charge in [0.05, 0.1) is 19.1 Å². The zero-order valence-corrected chi connectivity index (χ0v) is 13.2. The molecule has 0 heterocycles. The Hall–Kier alpha value is -1.55. The number of methoxy groups -OCH3 is 1. The Kier molecular flexibility index (Phi) is 4.88. The van der Waals surface area contributed by atoms with Crippen LogP contribution in [0.1, 0.15) is 51.1 Å². The van der Waals surface area contributed by atoms with Crippen LogP contribution in [-0.2, 0) is 4.79 Å². The fraction of sp³-hybridized carbons (Fsp3) is 0.588. The quantitative estimate of drug-likeness (QED) is 0.896. The van der Waals surface area contributed by atoms with Gasteiger partial charge in [0.2, 0.25) is 5.91 Å². The summed E-state index contributed by atoms with van der Waals surface area (Å²) in [5, 5.41) is 3.10. The zero-order chi connectivity index (χ0) is 15.5. The van der Waals surface area contributed by atoms with E-state index in [9.17, 15) is 4.79 Å². The summed E-state index contributed by atoms with van der Waals surface area (Å²) in [6.07, 6.45) is 3.97. The Balaban J connectivity index is 2.08. The number of hydrogen-bond acceptors (Lipinski definition) is 3. The lowest BCUT2D eigenvalue weighted by Gasteiger charge is -2.37. The summed E-state index contributed by atoms with van der Waals surface area (Å²) in [7, 11) is 1.64. The Morgan fingerprint density at radius 3 is 2.81 bits per heavy atom. The van der Waals surface area contributed by atoms with E-state index in [-0.39, 0.29) is 17.9 Å². The molecular formula is C17H26N2O2. The van der Waals surface area contributed by atoms with E-state index in [2.05, 4.69) is 5.32 Å². The molecule has 1 aliphatic carbocycles. The number of benzene rings is 1. The fourth-order valence-electron chi connectivity index (χ4n) is 3.20. The van der Waals surface area contributed by atoms with Gasteiger partial charge in [-0.15, -0.1) is 0 Å². The van der Waals surface area contributed by atoms with Crippen LogP contribution >= 0.6 is 0 Å². The van der Waals surface area contributed by atoms with Gasteiger partial charge in [0, 0.05) is 11.1 Å². The summed E-state index contributed by atoms with van der Waals surface area (Å²) < 4.78 is 5.36. The van der Waals surface area contributed by atoms with Crippen LogP contribution in [0.3, 0.4) is 0 Å². The molecule has 0 saturated heterocycles. The molecule has 1 aromatic rings. The van der Waals surface area contributed by atoms with Crippen molar-refractivity contribution >= 4 is 5.91 Å². The van der Waals surface area contributed by atoms with Gasteiger partial charge in [-0.25, -0.2) is 0 Å². The van der Waals surface area contributed by atoms with Crippen molar-refractivity contribution in [3.05, 3.63) is 29.8 Å². The predicted molar refractivity (Wildman–Crippen MR) is 84.1 cm³/mol. The molecule has 116 valence electrons. The van der Waals surface area contributed by atoms with Crippen LogP contribution in [0.5, 0.6) is 5.75 Å². The summed E-state index contributed by atoms with van der Waals surface area (Å²) in [6, 6.07) is 7.67. The van der Waals surface area contributed by atoms with Gasteiger partial charge < -0.3 is 15.8 Å². The van der Waals surface area contributed by atoms with Crippen molar-refractivity contribution in [2.24, 2.45) is 11.7 Å². The van der Waals surface area contributed by atoms with Gasteiger partial charge in [0.15, 0.2) is 0 Å². The first-order valence-electron chi connectivity index (χ1n) is 7.68. The molecule has 0 aliphatic heterocycles. The molecule has 3 unspecified atom stereocenters. The molecule has 1 aromatic carbocycles. The largest absolute Gasteiger partial charge is 0.496 e. The maximum Gasteiger partial charge on any atom is 0.225 e. The molecule has 0 aromatic heterocycles. The number of carbonyl (C=O) groups is 1. The molecule has 0 bridgehead atoms. The summed E-state index contributed by atoms with van der Waals surface area (Å²) in [4.78, 5) is 12.6. The Bertz CT molecular complexity index is 499. The molecule has 1 saturated carbocycles. The van der Waals surface area contributed by atoms with Crippen LogP contribution in [0.15, 0.2) is 24.3 Å². The predicted octanol–water partition coefficient (Wildman–Crippen LogP) is 2.78. The number of para-hydroxylation sites is 1. The normalized spacial score (nSPS) is 27.0. The summed E-state index contributed by atoms with van der Waals surface area (Å²) in [5.41, 5.74) is 6.90. The molecule has 1 aliphatic rings. The van der Waals surface area contributed by atoms with E-state index >= 15 is 0 Å². The van der Waals surface area contributed by atoms with Crippen LogP contribution < -0.4 is 15.8 Å². The lowest BCUT2D eigenvalue weighted by Crippen LogP contribution is -2.53. The highest BCUT2D eigenvalue weighted by molar-refractivity contribution is 5.80. The van der Waals surface area contributed by atoms with Crippen molar-refractivity contribution in [3.8, 4) is 5.75 Å². The average molecular weight is 290 g/mol. The molecular weight excluding hydrogens is 264 g/mol. The Labute approximate surface area is 127 Å². The second-order valence-electron chi connectivity index (χ2n) is 6.28. The number of nitrogens with one attached hydrogen (secondary N) is 1. The van der Waals surface area contributed by atoms with Crippen LogP contribution in [0.25, 0.3) is 0 Å². The number of nitrogens with two attached hydrogens (primary N) is 1. The molecule has 3 N–H and O–H groups in total. The molecule has 0 spiro atoms. The van der Waals surface area contributed by atoms with Crippen molar-refractivity contribution in [1.29, 1.82) is 0 Å². The third kappa shape index (κ3) is 3.56. The van der Waals surface area contributed by atoms with E-state index in [0.717, 1.165) is 37.0 Å². The van der Waals surface area contributed by atoms with E-state index in [1.807, 2.05) is 38.1 Å². The number of carbonyl (C=O) groups excluding carboxylic acids is 1. The van der Waals surface area contributed by atoms with Gasteiger partial charge >= 0.3 is 0 Å². The van der Waals surface area contributed by atoms with E-state index < -0.39 is 5.54 Å². The molecule has 4 heteroatoms. The third-order valence-corrected chi connectivity index (χ3v) is 4.53. The summed E-state index contributed by atoms with van der Waals surface area (Å²) in [6.45, 7) is 3.97. The minimum Gasteiger partial charge on any atom is -0.496 e. The molecule has 2 rings (SSSR count). The first-order valence-corrected chi connectivity index (χ1v) is 7.68. The standard InChI is InChI=1S/C17H26N2O2/c1-12(13-8-4-5-10-15(13)21-3)19-16(20)14-9-6-7-11-17(14,2)18/h4-5,8,10,12,14H,6-7,9,11,18H2,1-3H3,(H,19,20). The van der Waals surface area contributed by atoms with Crippen LogP contribution in [-0.4, -0.2) is 18.6 Å². The smallest absolute Gasteiger partial charge is 0.225 e.